The number of anilines is 3. The van der Waals surface area contributed by atoms with Crippen LogP contribution in [-0.4, -0.2) is 44.7 Å². The van der Waals surface area contributed by atoms with Gasteiger partial charge in [0.1, 0.15) is 12.4 Å². The summed E-state index contributed by atoms with van der Waals surface area (Å²) in [6, 6.07) is 34.5. The van der Waals surface area contributed by atoms with Crippen LogP contribution < -0.4 is 14.5 Å². The molecule has 2 heterocycles. The Bertz CT molecular complexity index is 1370. The van der Waals surface area contributed by atoms with E-state index in [0.717, 1.165) is 44.0 Å². The van der Waals surface area contributed by atoms with Crippen LogP contribution in [0, 0.1) is 0 Å². The Morgan fingerprint density at radius 2 is 1.46 bits per heavy atom. The van der Waals surface area contributed by atoms with Gasteiger partial charge in [0, 0.05) is 49.8 Å². The summed E-state index contributed by atoms with van der Waals surface area (Å²) in [5, 5.41) is 0. The zero-order valence-electron chi connectivity index (χ0n) is 21.4. The highest BCUT2D eigenvalue weighted by Gasteiger charge is 2.18. The lowest BCUT2D eigenvalue weighted by Crippen LogP contribution is -2.44. The van der Waals surface area contributed by atoms with Crippen LogP contribution in [0.25, 0.3) is 17.2 Å². The van der Waals surface area contributed by atoms with Crippen LogP contribution in [0.15, 0.2) is 103 Å². The standard InChI is InChI=1S/C33H33N3O/c1-34-19-21-35(22-20-34)30-13-15-31(16-14-30)36-18-6-10-29-23-28(12-17-33(29)36)27-9-5-11-32(24-27)37-25-26-7-3-2-4-8-26/h2-17,23-24H,18-22,25H2,1H3. The average Bonchev–Trinajstić information content (AvgIpc) is 2.97. The molecule has 0 bridgehead atoms. The number of hydrogen-bond acceptors (Lipinski definition) is 4. The summed E-state index contributed by atoms with van der Waals surface area (Å²) < 4.78 is 6.07. The highest BCUT2D eigenvalue weighted by molar-refractivity contribution is 5.82. The summed E-state index contributed by atoms with van der Waals surface area (Å²) in [6.07, 6.45) is 4.49. The molecule has 1 fully saturated rings. The highest BCUT2D eigenvalue weighted by atomic mass is 16.5. The number of rotatable bonds is 6. The van der Waals surface area contributed by atoms with Gasteiger partial charge in [0.2, 0.25) is 0 Å². The summed E-state index contributed by atoms with van der Waals surface area (Å²) in [4.78, 5) is 7.27. The molecule has 37 heavy (non-hydrogen) atoms. The average molecular weight is 488 g/mol. The molecule has 4 nitrogen and oxygen atoms in total. The zero-order valence-corrected chi connectivity index (χ0v) is 21.4. The van der Waals surface area contributed by atoms with Crippen molar-refractivity contribution in [3.05, 3.63) is 114 Å². The first-order chi connectivity index (χ1) is 18.2. The maximum absolute atomic E-state index is 6.07. The fourth-order valence-electron chi connectivity index (χ4n) is 5.16. The third-order valence-corrected chi connectivity index (χ3v) is 7.35. The van der Waals surface area contributed by atoms with E-state index >= 15 is 0 Å². The predicted molar refractivity (Wildman–Crippen MR) is 155 cm³/mol. The number of fused-ring (bicyclic) bond motifs is 1. The molecule has 4 heteroatoms. The van der Waals surface area contributed by atoms with E-state index in [2.05, 4.69) is 107 Å². The fraction of sp³-hybridized carbons (Fsp3) is 0.212. The van der Waals surface area contributed by atoms with Gasteiger partial charge in [-0.05, 0) is 77.8 Å². The highest BCUT2D eigenvalue weighted by Crippen LogP contribution is 2.36. The van der Waals surface area contributed by atoms with E-state index in [1.165, 1.54) is 33.8 Å². The van der Waals surface area contributed by atoms with E-state index in [9.17, 15) is 0 Å². The minimum absolute atomic E-state index is 0.569. The van der Waals surface area contributed by atoms with Crippen LogP contribution in [0.1, 0.15) is 11.1 Å². The van der Waals surface area contributed by atoms with Gasteiger partial charge in [-0.2, -0.15) is 0 Å². The van der Waals surface area contributed by atoms with Gasteiger partial charge in [-0.15, -0.1) is 0 Å². The Hall–Kier alpha value is -4.02. The molecular formula is C33H33N3O. The largest absolute Gasteiger partial charge is 0.489 e. The Balaban J connectivity index is 1.19. The number of nitrogens with zero attached hydrogens (tertiary/aromatic N) is 3. The molecule has 186 valence electrons. The molecule has 1 saturated heterocycles. The second kappa shape index (κ2) is 10.5. The van der Waals surface area contributed by atoms with Gasteiger partial charge < -0.3 is 19.4 Å². The number of benzene rings is 4. The molecule has 0 N–H and O–H groups in total. The number of hydrogen-bond donors (Lipinski definition) is 0. The van der Waals surface area contributed by atoms with Crippen molar-refractivity contribution in [2.75, 3.05) is 49.6 Å². The van der Waals surface area contributed by atoms with Gasteiger partial charge in [-0.1, -0.05) is 60.7 Å². The second-order valence-electron chi connectivity index (χ2n) is 9.90. The molecule has 0 unspecified atom stereocenters. The smallest absolute Gasteiger partial charge is 0.120 e. The molecule has 2 aliphatic rings. The lowest BCUT2D eigenvalue weighted by Gasteiger charge is -2.34. The Morgan fingerprint density at radius 1 is 0.703 bits per heavy atom. The van der Waals surface area contributed by atoms with Crippen LogP contribution >= 0.6 is 0 Å². The van der Waals surface area contributed by atoms with Crippen molar-refractivity contribution in [3.63, 3.8) is 0 Å². The van der Waals surface area contributed by atoms with E-state index in [1.807, 2.05) is 24.3 Å². The molecule has 0 saturated carbocycles. The molecule has 0 atom stereocenters. The molecule has 0 spiro atoms. The molecule has 0 radical (unpaired) electrons. The van der Waals surface area contributed by atoms with E-state index in [1.54, 1.807) is 0 Å². The molecule has 4 aromatic rings. The van der Waals surface area contributed by atoms with Crippen LogP contribution in [-0.2, 0) is 6.61 Å². The van der Waals surface area contributed by atoms with Crippen molar-refractivity contribution >= 4 is 23.1 Å². The molecule has 0 aromatic heterocycles. The Labute approximate surface area is 220 Å². The SMILES string of the molecule is CN1CCN(c2ccc(N3CC=Cc4cc(-c5cccc(OCc6ccccc6)c5)ccc43)cc2)CC1. The lowest BCUT2D eigenvalue weighted by atomic mass is 9.99. The first-order valence-electron chi connectivity index (χ1n) is 13.1. The Kier molecular flexibility index (Phi) is 6.66. The summed E-state index contributed by atoms with van der Waals surface area (Å²) in [7, 11) is 2.20. The lowest BCUT2D eigenvalue weighted by molar-refractivity contribution is 0.306. The number of piperazine rings is 1. The molecule has 2 aliphatic heterocycles. The molecule has 6 rings (SSSR count). The first kappa shape index (κ1) is 23.4. The van der Waals surface area contributed by atoms with Crippen LogP contribution in [0.3, 0.4) is 0 Å². The monoisotopic (exact) mass is 487 g/mol. The number of ether oxygens (including phenoxy) is 1. The topological polar surface area (TPSA) is 19.0 Å². The second-order valence-corrected chi connectivity index (χ2v) is 9.90. The van der Waals surface area contributed by atoms with Gasteiger partial charge in [0.25, 0.3) is 0 Å². The zero-order chi connectivity index (χ0) is 25.0. The van der Waals surface area contributed by atoms with Crippen molar-refractivity contribution in [1.82, 2.24) is 4.90 Å². The molecule has 0 aliphatic carbocycles. The van der Waals surface area contributed by atoms with Crippen LogP contribution in [0.2, 0.25) is 0 Å². The van der Waals surface area contributed by atoms with Gasteiger partial charge in [0.05, 0.1) is 0 Å². The Morgan fingerprint density at radius 3 is 2.27 bits per heavy atom. The fourth-order valence-corrected chi connectivity index (χ4v) is 5.16. The minimum atomic E-state index is 0.569. The summed E-state index contributed by atoms with van der Waals surface area (Å²) in [5.74, 6) is 0.886. The van der Waals surface area contributed by atoms with Crippen LogP contribution in [0.5, 0.6) is 5.75 Å². The van der Waals surface area contributed by atoms with Crippen molar-refractivity contribution < 1.29 is 4.74 Å². The minimum Gasteiger partial charge on any atom is -0.489 e. The van der Waals surface area contributed by atoms with E-state index in [4.69, 9.17) is 4.74 Å². The predicted octanol–water partition coefficient (Wildman–Crippen LogP) is 6.85. The normalized spacial score (nSPS) is 15.5. The van der Waals surface area contributed by atoms with Crippen molar-refractivity contribution in [2.45, 2.75) is 6.61 Å². The summed E-state index contributed by atoms with van der Waals surface area (Å²) in [5.41, 5.74) is 8.55. The van der Waals surface area contributed by atoms with Crippen molar-refractivity contribution in [2.24, 2.45) is 0 Å². The van der Waals surface area contributed by atoms with Crippen molar-refractivity contribution in [3.8, 4) is 16.9 Å². The van der Waals surface area contributed by atoms with Gasteiger partial charge in [-0.3, -0.25) is 0 Å². The van der Waals surface area contributed by atoms with E-state index in [-0.39, 0.29) is 0 Å². The summed E-state index contributed by atoms with van der Waals surface area (Å²) in [6.45, 7) is 5.87. The molecule has 0 amide bonds. The molecule has 4 aromatic carbocycles. The quantitative estimate of drug-likeness (QED) is 0.296. The summed E-state index contributed by atoms with van der Waals surface area (Å²) >= 11 is 0. The van der Waals surface area contributed by atoms with Crippen LogP contribution in [0.4, 0.5) is 17.1 Å². The third kappa shape index (κ3) is 5.25. The first-order valence-corrected chi connectivity index (χ1v) is 13.1. The number of likely N-dealkylation sites (N-methyl/N-ethyl adjacent to an activating group) is 1. The molecular weight excluding hydrogens is 454 g/mol. The van der Waals surface area contributed by atoms with Gasteiger partial charge >= 0.3 is 0 Å². The maximum atomic E-state index is 6.07. The third-order valence-electron chi connectivity index (χ3n) is 7.35. The maximum Gasteiger partial charge on any atom is 0.120 e. The van der Waals surface area contributed by atoms with Gasteiger partial charge in [0.15, 0.2) is 0 Å². The van der Waals surface area contributed by atoms with E-state index < -0.39 is 0 Å². The van der Waals surface area contributed by atoms with Gasteiger partial charge in [-0.25, -0.2) is 0 Å². The van der Waals surface area contributed by atoms with E-state index in [0.29, 0.717) is 6.61 Å². The van der Waals surface area contributed by atoms with Crippen molar-refractivity contribution in [1.29, 1.82) is 0 Å².